The van der Waals surface area contributed by atoms with Gasteiger partial charge in [-0.05, 0) is 31.2 Å². The maximum Gasteiger partial charge on any atom is 0.307 e. The van der Waals surface area contributed by atoms with Crippen molar-refractivity contribution in [2.75, 3.05) is 11.1 Å². The Kier molecular flexibility index (Phi) is 5.43. The molecule has 0 bridgehead atoms. The van der Waals surface area contributed by atoms with Gasteiger partial charge in [0, 0.05) is 22.0 Å². The van der Waals surface area contributed by atoms with Gasteiger partial charge in [-0.2, -0.15) is 0 Å². The number of anilines is 1. The predicted octanol–water partition coefficient (Wildman–Crippen LogP) is 2.16. The zero-order chi connectivity index (χ0) is 17.0. The minimum atomic E-state index is -3.21. The number of allylic oxidation sites excluding steroid dienone is 1. The Balaban J connectivity index is 1.82. The van der Waals surface area contributed by atoms with Gasteiger partial charge in [0.2, 0.25) is 0 Å². The van der Waals surface area contributed by atoms with Crippen molar-refractivity contribution in [2.45, 2.75) is 19.4 Å². The van der Waals surface area contributed by atoms with Crippen molar-refractivity contribution >= 4 is 39.0 Å². The van der Waals surface area contributed by atoms with Crippen LogP contribution in [0.2, 0.25) is 5.02 Å². The summed E-state index contributed by atoms with van der Waals surface area (Å²) in [4.78, 5) is 23.7. The maximum atomic E-state index is 11.9. The van der Waals surface area contributed by atoms with Gasteiger partial charge in [-0.15, -0.1) is 0 Å². The number of ether oxygens (including phenoxy) is 1. The van der Waals surface area contributed by atoms with Crippen molar-refractivity contribution in [2.24, 2.45) is 5.92 Å². The maximum absolute atomic E-state index is 11.9. The van der Waals surface area contributed by atoms with E-state index in [9.17, 15) is 18.0 Å². The van der Waals surface area contributed by atoms with Gasteiger partial charge in [0.25, 0.3) is 5.91 Å². The van der Waals surface area contributed by atoms with Gasteiger partial charge >= 0.3 is 5.97 Å². The molecule has 1 aromatic carbocycles. The molecule has 2 unspecified atom stereocenters. The van der Waals surface area contributed by atoms with E-state index < -0.39 is 33.7 Å². The van der Waals surface area contributed by atoms with Crippen LogP contribution >= 0.6 is 11.6 Å². The molecule has 8 heteroatoms. The first-order valence-corrected chi connectivity index (χ1v) is 9.01. The van der Waals surface area contributed by atoms with Crippen molar-refractivity contribution in [3.63, 3.8) is 0 Å². The number of rotatable bonds is 5. The lowest BCUT2D eigenvalue weighted by Crippen LogP contribution is -2.30. The Labute approximate surface area is 139 Å². The van der Waals surface area contributed by atoms with Crippen molar-refractivity contribution in [1.29, 1.82) is 0 Å². The largest absolute Gasteiger partial charge is 0.453 e. The molecule has 0 spiro atoms. The molecule has 1 N–H and O–H groups in total. The van der Waals surface area contributed by atoms with Crippen LogP contribution in [0.25, 0.3) is 0 Å². The fraction of sp³-hybridized carbons (Fsp3) is 0.333. The van der Waals surface area contributed by atoms with Gasteiger partial charge in [-0.25, -0.2) is 8.42 Å². The van der Waals surface area contributed by atoms with Crippen molar-refractivity contribution in [3.8, 4) is 0 Å². The third-order valence-electron chi connectivity index (χ3n) is 3.22. The third kappa shape index (κ3) is 5.37. The highest BCUT2D eigenvalue weighted by Gasteiger charge is 2.26. The smallest absolute Gasteiger partial charge is 0.307 e. The number of carbonyl (C=O) groups is 2. The zero-order valence-corrected chi connectivity index (χ0v) is 13.9. The third-order valence-corrected chi connectivity index (χ3v) is 4.94. The monoisotopic (exact) mass is 357 g/mol. The van der Waals surface area contributed by atoms with Gasteiger partial charge in [-0.3, -0.25) is 9.59 Å². The lowest BCUT2D eigenvalue weighted by molar-refractivity contribution is -0.153. The summed E-state index contributed by atoms with van der Waals surface area (Å²) in [5.41, 5.74) is 0.534. The fourth-order valence-electron chi connectivity index (χ4n) is 2.06. The number of halogens is 1. The van der Waals surface area contributed by atoms with E-state index in [0.717, 1.165) is 5.41 Å². The van der Waals surface area contributed by atoms with E-state index in [1.807, 2.05) is 0 Å². The van der Waals surface area contributed by atoms with E-state index in [1.54, 1.807) is 24.3 Å². The van der Waals surface area contributed by atoms with E-state index in [-0.39, 0.29) is 12.2 Å². The molecule has 124 valence electrons. The number of carbonyl (C=O) groups excluding carboxylic acids is 2. The summed E-state index contributed by atoms with van der Waals surface area (Å²) in [6.45, 7) is 1.45. The SMILES string of the molecule is CC(OC(=O)CC1C=CS(=O)(=O)C1)C(=O)Nc1ccc(Cl)cc1. The first kappa shape index (κ1) is 17.5. The summed E-state index contributed by atoms with van der Waals surface area (Å²) in [7, 11) is -3.21. The molecule has 0 saturated heterocycles. The number of sulfone groups is 1. The molecule has 2 rings (SSSR count). The standard InChI is InChI=1S/C15H16ClNO5S/c1-10(15(19)17-13-4-2-12(16)3-5-13)22-14(18)8-11-6-7-23(20,21)9-11/h2-7,10-11H,8-9H2,1H3,(H,17,19). The molecule has 1 aliphatic heterocycles. The molecule has 6 nitrogen and oxygen atoms in total. The highest BCUT2D eigenvalue weighted by Crippen LogP contribution is 2.19. The normalized spacial score (nSPS) is 20.0. The Morgan fingerprint density at radius 2 is 2.00 bits per heavy atom. The molecule has 23 heavy (non-hydrogen) atoms. The molecular weight excluding hydrogens is 342 g/mol. The first-order chi connectivity index (χ1) is 10.7. The van der Waals surface area contributed by atoms with Crippen LogP contribution in [-0.4, -0.2) is 32.2 Å². The van der Waals surface area contributed by atoms with Crippen LogP contribution in [0.3, 0.4) is 0 Å². The number of hydrogen-bond donors (Lipinski definition) is 1. The van der Waals surface area contributed by atoms with Gasteiger partial charge in [0.05, 0.1) is 12.2 Å². The Bertz CT molecular complexity index is 727. The molecule has 0 radical (unpaired) electrons. The minimum absolute atomic E-state index is 0.0751. The van der Waals surface area contributed by atoms with Crippen LogP contribution in [0.1, 0.15) is 13.3 Å². The van der Waals surface area contributed by atoms with Crippen LogP contribution < -0.4 is 5.32 Å². The summed E-state index contributed by atoms with van der Waals surface area (Å²) in [5.74, 6) is -1.60. The van der Waals surface area contributed by atoms with Crippen molar-refractivity contribution < 1.29 is 22.7 Å². The number of amides is 1. The fourth-order valence-corrected chi connectivity index (χ4v) is 3.58. The molecular formula is C15H16ClNO5S. The Hall–Kier alpha value is -1.86. The second-order valence-electron chi connectivity index (χ2n) is 5.25. The van der Waals surface area contributed by atoms with Gasteiger partial charge in [0.1, 0.15) is 0 Å². The van der Waals surface area contributed by atoms with Gasteiger partial charge in [0.15, 0.2) is 15.9 Å². The average molecular weight is 358 g/mol. The van der Waals surface area contributed by atoms with E-state index in [2.05, 4.69) is 5.32 Å². The number of esters is 1. The lowest BCUT2D eigenvalue weighted by atomic mass is 10.1. The summed E-state index contributed by atoms with van der Waals surface area (Å²) < 4.78 is 27.6. The highest BCUT2D eigenvalue weighted by atomic mass is 35.5. The molecule has 0 aromatic heterocycles. The van der Waals surface area contributed by atoms with E-state index in [0.29, 0.717) is 10.7 Å². The average Bonchev–Trinajstić information content (AvgIpc) is 2.80. The quantitative estimate of drug-likeness (QED) is 0.815. The van der Waals surface area contributed by atoms with Crippen molar-refractivity contribution in [1.82, 2.24) is 0 Å². The summed E-state index contributed by atoms with van der Waals surface area (Å²) in [6, 6.07) is 6.51. The van der Waals surface area contributed by atoms with Crippen LogP contribution in [0.4, 0.5) is 5.69 Å². The predicted molar refractivity (Wildman–Crippen MR) is 86.7 cm³/mol. The molecule has 0 saturated carbocycles. The van der Waals surface area contributed by atoms with Crippen LogP contribution in [0.15, 0.2) is 35.7 Å². The van der Waals surface area contributed by atoms with Crippen LogP contribution in [0.5, 0.6) is 0 Å². The Morgan fingerprint density at radius 3 is 2.57 bits per heavy atom. The van der Waals surface area contributed by atoms with Crippen LogP contribution in [-0.2, 0) is 24.2 Å². The van der Waals surface area contributed by atoms with E-state index >= 15 is 0 Å². The van der Waals surface area contributed by atoms with Crippen LogP contribution in [0, 0.1) is 5.92 Å². The molecule has 2 atom stereocenters. The highest BCUT2D eigenvalue weighted by molar-refractivity contribution is 7.94. The minimum Gasteiger partial charge on any atom is -0.453 e. The van der Waals surface area contributed by atoms with Gasteiger partial charge < -0.3 is 10.1 Å². The number of nitrogens with one attached hydrogen (secondary N) is 1. The zero-order valence-electron chi connectivity index (χ0n) is 12.4. The molecule has 1 aromatic rings. The molecule has 1 heterocycles. The topological polar surface area (TPSA) is 89.5 Å². The molecule has 1 amide bonds. The van der Waals surface area contributed by atoms with E-state index in [4.69, 9.17) is 16.3 Å². The van der Waals surface area contributed by atoms with E-state index in [1.165, 1.54) is 13.0 Å². The molecule has 0 aliphatic carbocycles. The van der Waals surface area contributed by atoms with Gasteiger partial charge in [-0.1, -0.05) is 17.7 Å². The Morgan fingerprint density at radius 1 is 1.35 bits per heavy atom. The molecule has 0 fully saturated rings. The number of hydrogen-bond acceptors (Lipinski definition) is 5. The second-order valence-corrected chi connectivity index (χ2v) is 7.62. The second kappa shape index (κ2) is 7.14. The summed E-state index contributed by atoms with van der Waals surface area (Å²) in [6.07, 6.45) is 0.406. The summed E-state index contributed by atoms with van der Waals surface area (Å²) >= 11 is 5.75. The number of benzene rings is 1. The summed E-state index contributed by atoms with van der Waals surface area (Å²) in [5, 5.41) is 4.24. The van der Waals surface area contributed by atoms with Crippen molar-refractivity contribution in [3.05, 3.63) is 40.8 Å². The lowest BCUT2D eigenvalue weighted by Gasteiger charge is -2.14. The first-order valence-electron chi connectivity index (χ1n) is 6.92. The molecule has 1 aliphatic rings.